The summed E-state index contributed by atoms with van der Waals surface area (Å²) in [6.45, 7) is 2.23. The Morgan fingerprint density at radius 1 is 1.61 bits per heavy atom. The average molecular weight is 272 g/mol. The number of nitrogens with zero attached hydrogens (tertiary/aromatic N) is 1. The molecule has 100 valence electrons. The van der Waals surface area contributed by atoms with Gasteiger partial charge in [-0.05, 0) is 6.92 Å². The van der Waals surface area contributed by atoms with E-state index in [-0.39, 0.29) is 29.9 Å². The summed E-state index contributed by atoms with van der Waals surface area (Å²) in [7, 11) is -3.01. The van der Waals surface area contributed by atoms with Crippen LogP contribution in [0.1, 0.15) is 12.0 Å². The van der Waals surface area contributed by atoms with Gasteiger partial charge in [0.25, 0.3) is 0 Å². The number of aryl methyl sites for hydroxylation is 1. The Balaban J connectivity index is 1.90. The van der Waals surface area contributed by atoms with Crippen LogP contribution in [-0.2, 0) is 14.6 Å². The van der Waals surface area contributed by atoms with Crippen LogP contribution in [-0.4, -0.2) is 48.6 Å². The van der Waals surface area contributed by atoms with Crippen molar-refractivity contribution in [3.63, 3.8) is 0 Å². The van der Waals surface area contributed by atoms with Crippen molar-refractivity contribution in [3.05, 3.63) is 11.8 Å². The summed E-state index contributed by atoms with van der Waals surface area (Å²) in [5.41, 5.74) is 0.840. The first-order chi connectivity index (χ1) is 8.46. The van der Waals surface area contributed by atoms with Gasteiger partial charge in [-0.1, -0.05) is 0 Å². The monoisotopic (exact) mass is 272 g/mol. The summed E-state index contributed by atoms with van der Waals surface area (Å²) in [4.78, 5) is 11.7. The number of H-pyrrole nitrogens is 1. The fourth-order valence-electron chi connectivity index (χ4n) is 1.89. The van der Waals surface area contributed by atoms with Crippen LogP contribution in [0.3, 0.4) is 0 Å². The first-order valence-electron chi connectivity index (χ1n) is 5.70. The van der Waals surface area contributed by atoms with Gasteiger partial charge in [-0.25, -0.2) is 8.42 Å². The lowest BCUT2D eigenvalue weighted by molar-refractivity contribution is -0.116. The minimum Gasteiger partial charge on any atom is -0.311 e. The molecule has 8 heteroatoms. The lowest BCUT2D eigenvalue weighted by atomic mass is 10.2. The minimum absolute atomic E-state index is 0.0162. The molecule has 7 nitrogen and oxygen atoms in total. The lowest BCUT2D eigenvalue weighted by Gasteiger charge is -2.22. The van der Waals surface area contributed by atoms with Gasteiger partial charge >= 0.3 is 0 Å². The van der Waals surface area contributed by atoms with E-state index in [4.69, 9.17) is 0 Å². The second-order valence-corrected chi connectivity index (χ2v) is 6.67. The highest BCUT2D eigenvalue weighted by Gasteiger charge is 2.26. The number of hydrogen-bond donors (Lipinski definition) is 3. The van der Waals surface area contributed by atoms with Gasteiger partial charge in [0.05, 0.1) is 17.7 Å². The van der Waals surface area contributed by atoms with E-state index in [2.05, 4.69) is 20.8 Å². The average Bonchev–Trinajstić information content (AvgIpc) is 2.62. The number of hydrogen-bond acceptors (Lipinski definition) is 5. The SMILES string of the molecule is Cc1cn[nH]c1NC(=O)CC1CS(=O)(=O)CCN1. The third-order valence-corrected chi connectivity index (χ3v) is 4.56. The standard InChI is InChI=1S/C10H16N4O3S/c1-7-5-12-14-10(7)13-9(15)4-8-6-18(16,17)3-2-11-8/h5,8,11H,2-4,6H2,1H3,(H2,12,13,14,15). The summed E-state index contributed by atoms with van der Waals surface area (Å²) in [5, 5.41) is 12.2. The summed E-state index contributed by atoms with van der Waals surface area (Å²) in [6, 6.07) is -0.313. The van der Waals surface area contributed by atoms with Crippen molar-refractivity contribution in [1.29, 1.82) is 0 Å². The Labute approximate surface area is 105 Å². The zero-order valence-electron chi connectivity index (χ0n) is 10.1. The smallest absolute Gasteiger partial charge is 0.227 e. The molecule has 0 aromatic carbocycles. The van der Waals surface area contributed by atoms with Crippen LogP contribution in [0.25, 0.3) is 0 Å². The molecule has 0 radical (unpaired) electrons. The van der Waals surface area contributed by atoms with Crippen molar-refractivity contribution >= 4 is 21.6 Å². The summed E-state index contributed by atoms with van der Waals surface area (Å²) in [5.74, 6) is 0.489. The molecule has 1 atom stereocenters. The fourth-order valence-corrected chi connectivity index (χ4v) is 3.33. The van der Waals surface area contributed by atoms with Crippen LogP contribution in [0.2, 0.25) is 0 Å². The summed E-state index contributed by atoms with van der Waals surface area (Å²) in [6.07, 6.45) is 1.75. The van der Waals surface area contributed by atoms with Crippen LogP contribution in [0, 0.1) is 6.92 Å². The molecule has 0 saturated carbocycles. The van der Waals surface area contributed by atoms with Crippen LogP contribution in [0.5, 0.6) is 0 Å². The molecule has 0 spiro atoms. The molecule has 1 aliphatic rings. The van der Waals surface area contributed by atoms with Crippen molar-refractivity contribution in [3.8, 4) is 0 Å². The van der Waals surface area contributed by atoms with Gasteiger partial charge in [-0.15, -0.1) is 0 Å². The number of nitrogens with one attached hydrogen (secondary N) is 3. The molecule has 2 heterocycles. The van der Waals surface area contributed by atoms with E-state index in [1.54, 1.807) is 6.20 Å². The molecule has 3 N–H and O–H groups in total. The number of rotatable bonds is 3. The number of sulfone groups is 1. The summed E-state index contributed by atoms with van der Waals surface area (Å²) >= 11 is 0. The van der Waals surface area contributed by atoms with Gasteiger partial charge in [-0.2, -0.15) is 5.10 Å². The van der Waals surface area contributed by atoms with Gasteiger partial charge in [0.15, 0.2) is 9.84 Å². The Bertz CT molecular complexity index is 537. The van der Waals surface area contributed by atoms with Crippen LogP contribution in [0.15, 0.2) is 6.20 Å². The van der Waals surface area contributed by atoms with Crippen LogP contribution < -0.4 is 10.6 Å². The molecule has 1 aromatic rings. The van der Waals surface area contributed by atoms with Gasteiger partial charge < -0.3 is 10.6 Å². The number of carbonyl (C=O) groups excluding carboxylic acids is 1. The number of aromatic nitrogens is 2. The van der Waals surface area contributed by atoms with Crippen molar-refractivity contribution in [2.75, 3.05) is 23.4 Å². The normalized spacial score (nSPS) is 22.6. The van der Waals surface area contributed by atoms with E-state index < -0.39 is 9.84 Å². The van der Waals surface area contributed by atoms with E-state index in [0.29, 0.717) is 12.4 Å². The van der Waals surface area contributed by atoms with E-state index in [0.717, 1.165) is 5.56 Å². The molecule has 2 rings (SSSR count). The van der Waals surface area contributed by atoms with E-state index in [9.17, 15) is 13.2 Å². The number of aromatic amines is 1. The van der Waals surface area contributed by atoms with Crippen molar-refractivity contribution in [1.82, 2.24) is 15.5 Å². The topological polar surface area (TPSA) is 104 Å². The van der Waals surface area contributed by atoms with Crippen molar-refractivity contribution in [2.24, 2.45) is 0 Å². The maximum absolute atomic E-state index is 11.7. The highest BCUT2D eigenvalue weighted by atomic mass is 32.2. The Morgan fingerprint density at radius 2 is 2.39 bits per heavy atom. The largest absolute Gasteiger partial charge is 0.311 e. The van der Waals surface area contributed by atoms with Gasteiger partial charge in [-0.3, -0.25) is 9.89 Å². The molecule has 0 bridgehead atoms. The maximum Gasteiger partial charge on any atom is 0.227 e. The first kappa shape index (κ1) is 13.0. The quantitative estimate of drug-likeness (QED) is 0.684. The third-order valence-electron chi connectivity index (χ3n) is 2.83. The molecule has 1 unspecified atom stereocenters. The number of anilines is 1. The predicted molar refractivity (Wildman–Crippen MR) is 67.0 cm³/mol. The molecule has 18 heavy (non-hydrogen) atoms. The predicted octanol–water partition coefficient (Wildman–Crippen LogP) is -0.567. The third kappa shape index (κ3) is 3.30. The van der Waals surface area contributed by atoms with Crippen molar-refractivity contribution in [2.45, 2.75) is 19.4 Å². The summed E-state index contributed by atoms with van der Waals surface area (Å²) < 4.78 is 22.9. The van der Waals surface area contributed by atoms with Gasteiger partial charge in [0.2, 0.25) is 5.91 Å². The van der Waals surface area contributed by atoms with Gasteiger partial charge in [0.1, 0.15) is 5.82 Å². The molecule has 1 aromatic heterocycles. The molecule has 1 saturated heterocycles. The second kappa shape index (κ2) is 5.07. The zero-order chi connectivity index (χ0) is 13.2. The van der Waals surface area contributed by atoms with Crippen LogP contribution in [0.4, 0.5) is 5.82 Å². The van der Waals surface area contributed by atoms with E-state index in [1.165, 1.54) is 0 Å². The number of amides is 1. The Kier molecular flexibility index (Phi) is 3.67. The molecule has 0 aliphatic carbocycles. The minimum atomic E-state index is -3.01. The molecular weight excluding hydrogens is 256 g/mol. The molecule has 1 fully saturated rings. The zero-order valence-corrected chi connectivity index (χ0v) is 10.9. The molecular formula is C10H16N4O3S. The Morgan fingerprint density at radius 3 is 3.00 bits per heavy atom. The Hall–Kier alpha value is -1.41. The number of carbonyl (C=O) groups is 1. The maximum atomic E-state index is 11.7. The first-order valence-corrected chi connectivity index (χ1v) is 7.52. The highest BCUT2D eigenvalue weighted by molar-refractivity contribution is 7.91. The molecule has 1 amide bonds. The fraction of sp³-hybridized carbons (Fsp3) is 0.600. The second-order valence-electron chi connectivity index (χ2n) is 4.45. The van der Waals surface area contributed by atoms with Crippen LogP contribution >= 0.6 is 0 Å². The lowest BCUT2D eigenvalue weighted by Crippen LogP contribution is -2.46. The van der Waals surface area contributed by atoms with Gasteiger partial charge in [0, 0.05) is 24.6 Å². The van der Waals surface area contributed by atoms with E-state index >= 15 is 0 Å². The van der Waals surface area contributed by atoms with Crippen molar-refractivity contribution < 1.29 is 13.2 Å². The molecule has 1 aliphatic heterocycles. The van der Waals surface area contributed by atoms with E-state index in [1.807, 2.05) is 6.92 Å². The highest BCUT2D eigenvalue weighted by Crippen LogP contribution is 2.10.